The summed E-state index contributed by atoms with van der Waals surface area (Å²) in [6.45, 7) is 4.38. The summed E-state index contributed by atoms with van der Waals surface area (Å²) >= 11 is 9.23. The van der Waals surface area contributed by atoms with Gasteiger partial charge in [-0.25, -0.2) is 9.97 Å². The summed E-state index contributed by atoms with van der Waals surface area (Å²) in [6.07, 6.45) is 5.88. The Bertz CT molecular complexity index is 533. The second-order valence-corrected chi connectivity index (χ2v) is 7.36. The average molecular weight is 385 g/mol. The van der Waals surface area contributed by atoms with E-state index in [1.54, 1.807) is 29.7 Å². The molecule has 0 aromatic carbocycles. The number of halogens is 1. The predicted molar refractivity (Wildman–Crippen MR) is 106 cm³/mol. The van der Waals surface area contributed by atoms with E-state index in [4.69, 9.17) is 16.7 Å². The highest BCUT2D eigenvalue weighted by Gasteiger charge is 2.01. The van der Waals surface area contributed by atoms with E-state index in [0.29, 0.717) is 5.88 Å². The number of alkyl halides is 1. The van der Waals surface area contributed by atoms with Gasteiger partial charge in [0.1, 0.15) is 10.1 Å². The van der Waals surface area contributed by atoms with Gasteiger partial charge >= 0.3 is 0 Å². The van der Waals surface area contributed by atoms with E-state index < -0.39 is 0 Å². The number of aliphatic hydroxyl groups excluding tert-OH is 1. The second-order valence-electron chi connectivity index (χ2n) is 4.92. The van der Waals surface area contributed by atoms with Crippen molar-refractivity contribution < 1.29 is 5.11 Å². The monoisotopic (exact) mass is 384 g/mol. The number of rotatable bonds is 8. The molecule has 0 saturated carbocycles. The van der Waals surface area contributed by atoms with E-state index in [9.17, 15) is 0 Å². The maximum Gasteiger partial charge on any atom is 0.101 e. The van der Waals surface area contributed by atoms with Crippen molar-refractivity contribution in [1.29, 1.82) is 0 Å². The third-order valence-electron chi connectivity index (χ3n) is 2.90. The van der Waals surface area contributed by atoms with Crippen LogP contribution in [0.5, 0.6) is 0 Å². The van der Waals surface area contributed by atoms with Crippen LogP contribution in [0.2, 0.25) is 0 Å². The van der Waals surface area contributed by atoms with Gasteiger partial charge in [-0.15, -0.1) is 35.1 Å². The normalized spacial score (nSPS) is 10.2. The van der Waals surface area contributed by atoms with E-state index >= 15 is 0 Å². The van der Waals surface area contributed by atoms with Crippen molar-refractivity contribution >= 4 is 35.1 Å². The molecule has 1 N–H and O–H groups in total. The van der Waals surface area contributed by atoms with Crippen LogP contribution in [0.1, 0.15) is 37.8 Å². The molecule has 132 valence electrons. The molecule has 0 bridgehead atoms. The van der Waals surface area contributed by atoms with Gasteiger partial charge in [-0.1, -0.05) is 26.0 Å². The van der Waals surface area contributed by atoms with Gasteiger partial charge < -0.3 is 5.11 Å². The maximum absolute atomic E-state index is 8.96. The molecule has 24 heavy (non-hydrogen) atoms. The molecule has 3 nitrogen and oxygen atoms in total. The highest BCUT2D eigenvalue weighted by Crippen LogP contribution is 2.21. The molecule has 0 radical (unpaired) electrons. The van der Waals surface area contributed by atoms with Crippen LogP contribution in [0.25, 0.3) is 0 Å². The summed E-state index contributed by atoms with van der Waals surface area (Å²) in [7, 11) is 0. The first-order valence-electron chi connectivity index (χ1n) is 8.06. The summed E-state index contributed by atoms with van der Waals surface area (Å²) < 4.78 is 0. The Morgan fingerprint density at radius 1 is 0.917 bits per heavy atom. The van der Waals surface area contributed by atoms with Crippen LogP contribution < -0.4 is 0 Å². The van der Waals surface area contributed by atoms with Crippen molar-refractivity contribution in [3.8, 4) is 0 Å². The van der Waals surface area contributed by atoms with E-state index in [-0.39, 0.29) is 6.61 Å². The summed E-state index contributed by atoms with van der Waals surface area (Å²) in [5.74, 6) is 2.73. The molecule has 2 rings (SSSR count). The average Bonchev–Trinajstić information content (AvgIpc) is 2.65. The van der Waals surface area contributed by atoms with Crippen molar-refractivity contribution in [2.24, 2.45) is 0 Å². The number of aromatic nitrogens is 2. The molecule has 0 aliphatic rings. The van der Waals surface area contributed by atoms with Crippen LogP contribution in [0.3, 0.4) is 0 Å². The molecule has 0 fully saturated rings. The Hall–Kier alpha value is -0.750. The van der Waals surface area contributed by atoms with Gasteiger partial charge in [-0.2, -0.15) is 0 Å². The largest absolute Gasteiger partial charge is 0.392 e. The Balaban J connectivity index is 0.000000240. The minimum atomic E-state index is 0.0832. The van der Waals surface area contributed by atoms with Crippen LogP contribution in [0.15, 0.2) is 46.7 Å². The molecule has 0 saturated heterocycles. The molecule has 0 atom stereocenters. The molecule has 0 aliphatic carbocycles. The highest BCUT2D eigenvalue weighted by atomic mass is 35.5. The smallest absolute Gasteiger partial charge is 0.101 e. The zero-order valence-electron chi connectivity index (χ0n) is 14.2. The van der Waals surface area contributed by atoms with Gasteiger partial charge in [0.15, 0.2) is 0 Å². The fourth-order valence-electron chi connectivity index (χ4n) is 1.73. The minimum absolute atomic E-state index is 0.0832. The van der Waals surface area contributed by atoms with Crippen molar-refractivity contribution in [2.75, 3.05) is 11.5 Å². The second kappa shape index (κ2) is 13.5. The quantitative estimate of drug-likeness (QED) is 0.487. The van der Waals surface area contributed by atoms with Gasteiger partial charge in [0.25, 0.3) is 0 Å². The zero-order chi connectivity index (χ0) is 17.6. The van der Waals surface area contributed by atoms with E-state index in [1.807, 2.05) is 30.5 Å². The lowest BCUT2D eigenvalue weighted by molar-refractivity contribution is 0.278. The first-order valence-corrected chi connectivity index (χ1v) is 10.6. The van der Waals surface area contributed by atoms with Gasteiger partial charge in [-0.3, -0.25) is 0 Å². The third kappa shape index (κ3) is 7.88. The molecule has 0 aliphatic heterocycles. The van der Waals surface area contributed by atoms with Crippen LogP contribution in [-0.4, -0.2) is 26.6 Å². The van der Waals surface area contributed by atoms with Crippen LogP contribution in [0, 0.1) is 0 Å². The lowest BCUT2D eigenvalue weighted by Gasteiger charge is -2.03. The number of thioether (sulfide) groups is 2. The van der Waals surface area contributed by atoms with Crippen molar-refractivity contribution in [3.63, 3.8) is 0 Å². The minimum Gasteiger partial charge on any atom is -0.392 e. The van der Waals surface area contributed by atoms with E-state index in [2.05, 4.69) is 23.8 Å². The lowest BCUT2D eigenvalue weighted by atomic mass is 10.3. The Kier molecular flexibility index (Phi) is 12.0. The molecule has 0 amide bonds. The fraction of sp³-hybridized carbons (Fsp3) is 0.444. The summed E-state index contributed by atoms with van der Waals surface area (Å²) in [4.78, 5) is 8.46. The Morgan fingerprint density at radius 2 is 1.42 bits per heavy atom. The standard InChI is InChI=1S/C9H12ClNS.C9H13NOS/c1-2-6-12-9-8(7-10)4-3-5-11-9;1-2-6-12-9-8(7-11)4-3-5-10-9/h3-5H,2,6-7H2,1H3;3-5,11H,2,6-7H2,1H3. The molecular weight excluding hydrogens is 360 g/mol. The highest BCUT2D eigenvalue weighted by molar-refractivity contribution is 7.99. The summed E-state index contributed by atoms with van der Waals surface area (Å²) in [5, 5.41) is 11.0. The van der Waals surface area contributed by atoms with Gasteiger partial charge in [0, 0.05) is 18.0 Å². The number of hydrogen-bond donors (Lipinski definition) is 1. The number of nitrogens with zero attached hydrogens (tertiary/aromatic N) is 2. The number of pyridine rings is 2. The number of aliphatic hydroxyl groups is 1. The third-order valence-corrected chi connectivity index (χ3v) is 5.69. The van der Waals surface area contributed by atoms with Gasteiger partial charge in [0.05, 0.1) is 12.5 Å². The lowest BCUT2D eigenvalue weighted by Crippen LogP contribution is -1.90. The van der Waals surface area contributed by atoms with Crippen molar-refractivity contribution in [1.82, 2.24) is 9.97 Å². The Labute approximate surface area is 158 Å². The van der Waals surface area contributed by atoms with Gasteiger partial charge in [0.2, 0.25) is 0 Å². The molecule has 6 heteroatoms. The maximum atomic E-state index is 8.96. The van der Waals surface area contributed by atoms with E-state index in [0.717, 1.165) is 39.1 Å². The first-order chi connectivity index (χ1) is 11.8. The fourth-order valence-corrected chi connectivity index (χ4v) is 3.73. The Morgan fingerprint density at radius 3 is 1.88 bits per heavy atom. The topological polar surface area (TPSA) is 46.0 Å². The molecular formula is C18H25ClN2OS2. The SMILES string of the molecule is CCCSc1ncccc1CCl.CCCSc1ncccc1CO. The van der Waals surface area contributed by atoms with Crippen LogP contribution >= 0.6 is 35.1 Å². The van der Waals surface area contributed by atoms with Crippen molar-refractivity contribution in [2.45, 2.75) is 49.2 Å². The molecule has 2 aromatic heterocycles. The van der Waals surface area contributed by atoms with Crippen LogP contribution in [-0.2, 0) is 12.5 Å². The van der Waals surface area contributed by atoms with E-state index in [1.165, 1.54) is 6.42 Å². The molecule has 0 unspecified atom stereocenters. The first kappa shape index (κ1) is 21.3. The van der Waals surface area contributed by atoms with Crippen LogP contribution in [0.4, 0.5) is 0 Å². The molecule has 2 aromatic rings. The summed E-state index contributed by atoms with van der Waals surface area (Å²) in [6, 6.07) is 7.71. The molecule has 2 heterocycles. The van der Waals surface area contributed by atoms with Crippen molar-refractivity contribution in [3.05, 3.63) is 47.8 Å². The van der Waals surface area contributed by atoms with Gasteiger partial charge in [-0.05, 0) is 42.0 Å². The molecule has 0 spiro atoms. The number of hydrogen-bond acceptors (Lipinski definition) is 5. The summed E-state index contributed by atoms with van der Waals surface area (Å²) in [5.41, 5.74) is 2.06. The predicted octanol–water partition coefficient (Wildman–Crippen LogP) is 5.40. The zero-order valence-corrected chi connectivity index (χ0v) is 16.6.